The minimum absolute atomic E-state index is 0.0857. The number of carbonyl (C=O) groups excluding carboxylic acids is 1. The zero-order chi connectivity index (χ0) is 14.1. The van der Waals surface area contributed by atoms with Crippen molar-refractivity contribution in [3.63, 3.8) is 0 Å². The molecule has 20 heavy (non-hydrogen) atoms. The fourth-order valence-electron chi connectivity index (χ4n) is 1.84. The highest BCUT2D eigenvalue weighted by molar-refractivity contribution is 6.04. The molecule has 4 nitrogen and oxygen atoms in total. The number of hydrogen-bond acceptors (Lipinski definition) is 3. The molecule has 0 atom stereocenters. The van der Waals surface area contributed by atoms with Gasteiger partial charge in [-0.1, -0.05) is 6.07 Å². The molecule has 0 saturated heterocycles. The molecule has 0 radical (unpaired) electrons. The minimum Gasteiger partial charge on any atom is -0.454 e. The number of fused-ring (bicyclic) bond motifs is 1. The third-order valence-electron chi connectivity index (χ3n) is 2.84. The van der Waals surface area contributed by atoms with Gasteiger partial charge >= 0.3 is 0 Å². The van der Waals surface area contributed by atoms with Gasteiger partial charge in [-0.05, 0) is 30.3 Å². The zero-order valence-corrected chi connectivity index (χ0v) is 10.2. The summed E-state index contributed by atoms with van der Waals surface area (Å²) in [5.41, 5.74) is -0.257. The summed E-state index contributed by atoms with van der Waals surface area (Å²) in [4.78, 5) is 12.0. The van der Waals surface area contributed by atoms with Crippen LogP contribution in [0.15, 0.2) is 36.4 Å². The first kappa shape index (κ1) is 12.4. The van der Waals surface area contributed by atoms with E-state index in [1.807, 2.05) is 0 Å². The Kier molecular flexibility index (Phi) is 2.98. The molecule has 2 aromatic carbocycles. The van der Waals surface area contributed by atoms with Crippen molar-refractivity contribution in [2.45, 2.75) is 0 Å². The lowest BCUT2D eigenvalue weighted by atomic mass is 10.2. The lowest BCUT2D eigenvalue weighted by Gasteiger charge is -2.08. The number of hydrogen-bond donors (Lipinski definition) is 1. The summed E-state index contributed by atoms with van der Waals surface area (Å²) in [6, 6.07) is 7.87. The van der Waals surface area contributed by atoms with Gasteiger partial charge in [-0.2, -0.15) is 0 Å². The molecule has 2 aromatic rings. The van der Waals surface area contributed by atoms with E-state index in [0.717, 1.165) is 12.1 Å². The average Bonchev–Trinajstić information content (AvgIpc) is 2.90. The molecule has 0 aromatic heterocycles. The number of halogens is 2. The van der Waals surface area contributed by atoms with Crippen molar-refractivity contribution in [3.8, 4) is 11.5 Å². The predicted molar refractivity (Wildman–Crippen MR) is 66.9 cm³/mol. The maximum absolute atomic E-state index is 13.4. The highest BCUT2D eigenvalue weighted by Gasteiger charge is 2.18. The number of anilines is 1. The summed E-state index contributed by atoms with van der Waals surface area (Å²) in [5, 5.41) is 2.20. The van der Waals surface area contributed by atoms with E-state index >= 15 is 0 Å². The number of para-hydroxylation sites is 1. The lowest BCUT2D eigenvalue weighted by molar-refractivity contribution is 0.102. The molecule has 0 bridgehead atoms. The highest BCUT2D eigenvalue weighted by Crippen LogP contribution is 2.32. The van der Waals surface area contributed by atoms with Crippen LogP contribution in [0.25, 0.3) is 0 Å². The van der Waals surface area contributed by atoms with Crippen LogP contribution in [0.5, 0.6) is 11.5 Å². The number of nitrogens with one attached hydrogen (secondary N) is 1. The van der Waals surface area contributed by atoms with Crippen LogP contribution in [0.3, 0.4) is 0 Å². The Morgan fingerprint density at radius 1 is 1.05 bits per heavy atom. The third-order valence-corrected chi connectivity index (χ3v) is 2.84. The van der Waals surface area contributed by atoms with Crippen molar-refractivity contribution in [2.75, 3.05) is 12.1 Å². The molecule has 6 heteroatoms. The van der Waals surface area contributed by atoms with E-state index < -0.39 is 23.2 Å². The second-order valence-electron chi connectivity index (χ2n) is 4.12. The van der Waals surface area contributed by atoms with Crippen molar-refractivity contribution in [1.82, 2.24) is 0 Å². The van der Waals surface area contributed by atoms with E-state index in [0.29, 0.717) is 11.5 Å². The first-order valence-corrected chi connectivity index (χ1v) is 5.80. The first-order chi connectivity index (χ1) is 9.65. The van der Waals surface area contributed by atoms with Crippen molar-refractivity contribution in [1.29, 1.82) is 0 Å². The summed E-state index contributed by atoms with van der Waals surface area (Å²) in [6.07, 6.45) is 0. The van der Waals surface area contributed by atoms with Gasteiger partial charge in [-0.25, -0.2) is 8.78 Å². The standard InChI is InChI=1S/C14H9F2NO3/c15-9-2-1-3-10(16)13(9)17-14(18)8-4-5-11-12(6-8)20-7-19-11/h1-6H,7H2,(H,17,18). The Labute approximate surface area is 112 Å². The average molecular weight is 277 g/mol. The summed E-state index contributed by atoms with van der Waals surface area (Å²) in [7, 11) is 0. The molecule has 3 rings (SSSR count). The van der Waals surface area contributed by atoms with Crippen LogP contribution in [0.1, 0.15) is 10.4 Å². The maximum atomic E-state index is 13.4. The molecule has 0 unspecified atom stereocenters. The topological polar surface area (TPSA) is 47.6 Å². The van der Waals surface area contributed by atoms with Crippen molar-refractivity contribution in [2.24, 2.45) is 0 Å². The SMILES string of the molecule is O=C(Nc1c(F)cccc1F)c1ccc2c(c1)OCO2. The highest BCUT2D eigenvalue weighted by atomic mass is 19.1. The van der Waals surface area contributed by atoms with Crippen molar-refractivity contribution >= 4 is 11.6 Å². The molecule has 1 aliphatic rings. The Balaban J connectivity index is 1.86. The van der Waals surface area contributed by atoms with Gasteiger partial charge < -0.3 is 14.8 Å². The van der Waals surface area contributed by atoms with Gasteiger partial charge in [0.25, 0.3) is 5.91 Å². The molecule has 1 aliphatic heterocycles. The summed E-state index contributed by atoms with van der Waals surface area (Å²) < 4.78 is 37.1. The largest absolute Gasteiger partial charge is 0.454 e. The Bertz CT molecular complexity index is 668. The quantitative estimate of drug-likeness (QED) is 0.918. The summed E-state index contributed by atoms with van der Waals surface area (Å²) in [5.74, 6) is -1.35. The minimum atomic E-state index is -0.834. The van der Waals surface area contributed by atoms with Crippen LogP contribution in [-0.4, -0.2) is 12.7 Å². The van der Waals surface area contributed by atoms with E-state index in [1.165, 1.54) is 18.2 Å². The number of rotatable bonds is 2. The van der Waals surface area contributed by atoms with E-state index in [2.05, 4.69) is 5.32 Å². The molecular formula is C14H9F2NO3. The van der Waals surface area contributed by atoms with Gasteiger partial charge in [0.05, 0.1) is 0 Å². The maximum Gasteiger partial charge on any atom is 0.255 e. The molecule has 0 spiro atoms. The molecule has 102 valence electrons. The molecular weight excluding hydrogens is 268 g/mol. The van der Waals surface area contributed by atoms with Crippen LogP contribution in [0.4, 0.5) is 14.5 Å². The van der Waals surface area contributed by atoms with Crippen molar-refractivity contribution in [3.05, 3.63) is 53.6 Å². The number of ether oxygens (including phenoxy) is 2. The Morgan fingerprint density at radius 3 is 2.50 bits per heavy atom. The molecule has 0 saturated carbocycles. The van der Waals surface area contributed by atoms with E-state index in [4.69, 9.17) is 9.47 Å². The third kappa shape index (κ3) is 2.16. The van der Waals surface area contributed by atoms with Crippen LogP contribution in [0.2, 0.25) is 0 Å². The van der Waals surface area contributed by atoms with E-state index in [-0.39, 0.29) is 12.4 Å². The van der Waals surface area contributed by atoms with E-state index in [1.54, 1.807) is 6.07 Å². The number of carbonyl (C=O) groups is 1. The monoisotopic (exact) mass is 277 g/mol. The van der Waals surface area contributed by atoms with Gasteiger partial charge in [0.2, 0.25) is 6.79 Å². The lowest BCUT2D eigenvalue weighted by Crippen LogP contribution is -2.14. The second-order valence-corrected chi connectivity index (χ2v) is 4.12. The van der Waals surface area contributed by atoms with Gasteiger partial charge in [-0.15, -0.1) is 0 Å². The summed E-state index contributed by atoms with van der Waals surface area (Å²) >= 11 is 0. The smallest absolute Gasteiger partial charge is 0.255 e. The molecule has 1 amide bonds. The molecule has 1 heterocycles. The molecule has 0 aliphatic carbocycles. The van der Waals surface area contributed by atoms with Crippen LogP contribution in [0, 0.1) is 11.6 Å². The summed E-state index contributed by atoms with van der Waals surface area (Å²) in [6.45, 7) is 0.0857. The normalized spacial score (nSPS) is 12.3. The van der Waals surface area contributed by atoms with Gasteiger partial charge in [-0.3, -0.25) is 4.79 Å². The van der Waals surface area contributed by atoms with Gasteiger partial charge in [0, 0.05) is 5.56 Å². The Morgan fingerprint density at radius 2 is 1.75 bits per heavy atom. The molecule has 1 N–H and O–H groups in total. The van der Waals surface area contributed by atoms with Crippen LogP contribution in [-0.2, 0) is 0 Å². The van der Waals surface area contributed by atoms with Crippen LogP contribution < -0.4 is 14.8 Å². The van der Waals surface area contributed by atoms with E-state index in [9.17, 15) is 13.6 Å². The Hall–Kier alpha value is -2.63. The zero-order valence-electron chi connectivity index (χ0n) is 10.2. The first-order valence-electron chi connectivity index (χ1n) is 5.80. The molecule has 0 fully saturated rings. The number of amides is 1. The second kappa shape index (κ2) is 4.80. The van der Waals surface area contributed by atoms with Crippen LogP contribution >= 0.6 is 0 Å². The van der Waals surface area contributed by atoms with Gasteiger partial charge in [0.15, 0.2) is 11.5 Å². The van der Waals surface area contributed by atoms with Crippen molar-refractivity contribution < 1.29 is 23.0 Å². The fourth-order valence-corrected chi connectivity index (χ4v) is 1.84. The van der Waals surface area contributed by atoms with Gasteiger partial charge in [0.1, 0.15) is 17.3 Å². The predicted octanol–water partition coefficient (Wildman–Crippen LogP) is 2.95. The number of benzene rings is 2. The fraction of sp³-hybridized carbons (Fsp3) is 0.0714.